The Bertz CT molecular complexity index is 1050. The van der Waals surface area contributed by atoms with E-state index in [1.165, 1.54) is 12.7 Å². The number of ether oxygens (including phenoxy) is 1. The summed E-state index contributed by atoms with van der Waals surface area (Å²) in [4.78, 5) is 47.6. The number of phosphoric acid groups is 3. The van der Waals surface area contributed by atoms with Gasteiger partial charge in [-0.25, -0.2) is 28.6 Å². The van der Waals surface area contributed by atoms with E-state index in [9.17, 15) is 18.6 Å². The fraction of sp³-hybridized carbons (Fsp3) is 0.500. The van der Waals surface area contributed by atoms with Gasteiger partial charge in [0, 0.05) is 0 Å². The maximum Gasteiger partial charge on any atom is 1.00 e. The third-order valence-electron chi connectivity index (χ3n) is 3.62. The molecule has 0 aliphatic carbocycles. The predicted octanol–water partition coefficient (Wildman–Crippen LogP) is -8.56. The van der Waals surface area contributed by atoms with Crippen molar-refractivity contribution in [1.29, 1.82) is 0 Å². The van der Waals surface area contributed by atoms with Crippen molar-refractivity contribution in [1.82, 2.24) is 19.5 Å². The van der Waals surface area contributed by atoms with E-state index >= 15 is 0 Å². The van der Waals surface area contributed by atoms with Crippen LogP contribution in [0.1, 0.15) is 19.1 Å². The van der Waals surface area contributed by atoms with Gasteiger partial charge < -0.3 is 30.0 Å². The maximum absolute atomic E-state index is 11.7. The molecule has 2 unspecified atom stereocenters. The molecule has 4 atom stereocenters. The summed E-state index contributed by atoms with van der Waals surface area (Å²) in [5.41, 5.74) is 6.53. The number of rotatable bonds is 8. The minimum atomic E-state index is -5.56. The third-order valence-corrected chi connectivity index (χ3v) is 7.42. The molecule has 16 nitrogen and oxygen atoms in total. The van der Waals surface area contributed by atoms with Crippen molar-refractivity contribution < 1.29 is 108 Å². The first kappa shape index (κ1) is 32.5. The largest absolute Gasteiger partial charge is 1.00 e. The fourth-order valence-electron chi connectivity index (χ4n) is 2.58. The molecule has 32 heavy (non-hydrogen) atoms. The van der Waals surface area contributed by atoms with Gasteiger partial charge in [-0.15, -0.1) is 0 Å². The van der Waals surface area contributed by atoms with Crippen LogP contribution in [0.25, 0.3) is 11.2 Å². The zero-order valence-corrected chi connectivity index (χ0v) is 20.0. The number of nitrogens with zero attached hydrogens (tertiary/aromatic N) is 4. The zero-order valence-electron chi connectivity index (χ0n) is 17.3. The summed E-state index contributed by atoms with van der Waals surface area (Å²) in [6.07, 6.45) is 2.30. The zero-order chi connectivity index (χ0) is 21.4. The van der Waals surface area contributed by atoms with Crippen LogP contribution in [0.15, 0.2) is 12.7 Å². The molecule has 1 aliphatic rings. The Hall–Kier alpha value is 0.512. The van der Waals surface area contributed by atoms with Crippen LogP contribution >= 0.6 is 23.5 Å². The molecule has 162 valence electrons. The van der Waals surface area contributed by atoms with Gasteiger partial charge in [-0.05, 0) is 12.8 Å². The number of phosphoric ester groups is 1. The number of aromatic nitrogens is 4. The first-order valence-corrected chi connectivity index (χ1v) is 12.2. The van der Waals surface area contributed by atoms with Crippen molar-refractivity contribution in [2.75, 3.05) is 12.3 Å². The van der Waals surface area contributed by atoms with Gasteiger partial charge in [-0.1, -0.05) is 0 Å². The standard InChI is InChI=1S/C10H16N5O11P3.3Li/c11-9-8-10(13-4-12-9)15(5-14-8)7-2-1-6(24-7)3-23-28(19,20)26-29(21,22)25-27(16,17)18;;;/h4-7H,1-3H2,(H,19,20)(H,21,22)(H2,11,12,13)(H2,16,17,18);;;/q;3*+1/t6-,7+;;;/m0.../s1. The van der Waals surface area contributed by atoms with E-state index in [0.29, 0.717) is 24.0 Å². The molecule has 22 heteroatoms. The molecule has 1 saturated heterocycles. The Labute approximate surface area is 217 Å². The van der Waals surface area contributed by atoms with Crippen LogP contribution in [0.3, 0.4) is 0 Å². The van der Waals surface area contributed by atoms with Gasteiger partial charge in [0.2, 0.25) is 0 Å². The molecule has 0 radical (unpaired) electrons. The molecule has 6 N–H and O–H groups in total. The van der Waals surface area contributed by atoms with E-state index in [4.69, 9.17) is 25.2 Å². The Morgan fingerprint density at radius 2 is 1.69 bits per heavy atom. The van der Waals surface area contributed by atoms with Crippen LogP contribution in [0.2, 0.25) is 0 Å². The summed E-state index contributed by atoms with van der Waals surface area (Å²) in [7, 11) is -16.2. The summed E-state index contributed by atoms with van der Waals surface area (Å²) >= 11 is 0. The average molecular weight is 496 g/mol. The fourth-order valence-corrected chi connectivity index (χ4v) is 5.62. The molecule has 0 spiro atoms. The van der Waals surface area contributed by atoms with Gasteiger partial charge >= 0.3 is 80.0 Å². The van der Waals surface area contributed by atoms with E-state index < -0.39 is 42.4 Å². The van der Waals surface area contributed by atoms with E-state index in [2.05, 4.69) is 28.1 Å². The molecule has 0 saturated carbocycles. The van der Waals surface area contributed by atoms with Gasteiger partial charge in [0.1, 0.15) is 18.1 Å². The Kier molecular flexibility index (Phi) is 12.7. The molecule has 2 aromatic heterocycles. The van der Waals surface area contributed by atoms with Crippen molar-refractivity contribution in [2.45, 2.75) is 25.2 Å². The van der Waals surface area contributed by atoms with Gasteiger partial charge in [0.15, 0.2) is 11.5 Å². The smallest absolute Gasteiger partial charge is 0.382 e. The molecule has 2 aromatic rings. The first-order valence-electron chi connectivity index (χ1n) is 7.72. The minimum Gasteiger partial charge on any atom is -0.382 e. The Morgan fingerprint density at radius 1 is 1.03 bits per heavy atom. The molecule has 3 heterocycles. The summed E-state index contributed by atoms with van der Waals surface area (Å²) < 4.78 is 52.7. The van der Waals surface area contributed by atoms with E-state index in [0.717, 1.165) is 0 Å². The third kappa shape index (κ3) is 8.94. The van der Waals surface area contributed by atoms with Crippen LogP contribution in [-0.2, 0) is 31.6 Å². The van der Waals surface area contributed by atoms with Crippen molar-refractivity contribution in [3.8, 4) is 0 Å². The SMILES string of the molecule is Nc1ncnc2c1ncn2[C@H]1CC[C@@H](COP(=O)(O)OP(=O)(O)OP(=O)(O)O)O1.[Li+].[Li+].[Li+]. The number of nitrogen functional groups attached to an aromatic ring is 1. The molecule has 0 amide bonds. The monoisotopic (exact) mass is 496 g/mol. The predicted molar refractivity (Wildman–Crippen MR) is 92.7 cm³/mol. The Balaban J connectivity index is 0.00000320. The number of hydrogen-bond donors (Lipinski definition) is 5. The van der Waals surface area contributed by atoms with Crippen molar-refractivity contribution >= 4 is 40.4 Å². The van der Waals surface area contributed by atoms with Gasteiger partial charge in [0.05, 0.1) is 19.0 Å². The van der Waals surface area contributed by atoms with Gasteiger partial charge in [-0.3, -0.25) is 9.09 Å². The van der Waals surface area contributed by atoms with Crippen LogP contribution in [0.4, 0.5) is 5.82 Å². The number of fused-ring (bicyclic) bond motifs is 1. The van der Waals surface area contributed by atoms with E-state index in [1.807, 2.05) is 0 Å². The Morgan fingerprint density at radius 3 is 2.31 bits per heavy atom. The molecule has 1 aliphatic heterocycles. The second-order valence-electron chi connectivity index (χ2n) is 5.76. The number of hydrogen-bond acceptors (Lipinski definition) is 11. The summed E-state index contributed by atoms with van der Waals surface area (Å²) in [5.74, 6) is 0.191. The van der Waals surface area contributed by atoms with Gasteiger partial charge in [0.25, 0.3) is 0 Å². The van der Waals surface area contributed by atoms with Crippen molar-refractivity contribution in [3.05, 3.63) is 12.7 Å². The summed E-state index contributed by atoms with van der Waals surface area (Å²) in [6, 6.07) is 0. The number of anilines is 1. The normalized spacial score (nSPS) is 22.1. The maximum atomic E-state index is 11.7. The molecule has 0 bridgehead atoms. The molecular formula is C10H16Li3N5O11P3+3. The van der Waals surface area contributed by atoms with Crippen LogP contribution in [0, 0.1) is 0 Å². The average Bonchev–Trinajstić information content (AvgIpc) is 3.16. The first-order chi connectivity index (χ1) is 13.4. The number of nitrogens with two attached hydrogens (primary N) is 1. The second-order valence-corrected chi connectivity index (χ2v) is 10.2. The molecule has 3 rings (SSSR count). The molecular weight excluding hydrogens is 480 g/mol. The molecule has 1 fully saturated rings. The van der Waals surface area contributed by atoms with Crippen molar-refractivity contribution in [3.63, 3.8) is 0 Å². The van der Waals surface area contributed by atoms with Crippen LogP contribution in [0.5, 0.6) is 0 Å². The van der Waals surface area contributed by atoms with Crippen molar-refractivity contribution in [2.24, 2.45) is 0 Å². The minimum absolute atomic E-state index is 0. The van der Waals surface area contributed by atoms with Crippen LogP contribution < -0.4 is 62.3 Å². The van der Waals surface area contributed by atoms with Crippen LogP contribution in [-0.4, -0.2) is 51.8 Å². The summed E-state index contributed by atoms with van der Waals surface area (Å²) in [5, 5.41) is 0. The summed E-state index contributed by atoms with van der Waals surface area (Å²) in [6.45, 7) is -0.524. The molecule has 0 aromatic carbocycles. The van der Waals surface area contributed by atoms with E-state index in [1.54, 1.807) is 4.57 Å². The number of imidazole rings is 1. The second kappa shape index (κ2) is 12.5. The van der Waals surface area contributed by atoms with E-state index in [-0.39, 0.29) is 62.4 Å². The quantitative estimate of drug-likeness (QED) is 0.168. The topological polar surface area (TPSA) is 239 Å². The van der Waals surface area contributed by atoms with Gasteiger partial charge in [-0.2, -0.15) is 8.62 Å².